The van der Waals surface area contributed by atoms with E-state index < -0.39 is 15.6 Å². The molecule has 0 radical (unpaired) electrons. The lowest BCUT2D eigenvalue weighted by molar-refractivity contribution is 0.539. The molecule has 0 aliphatic heterocycles. The van der Waals surface area contributed by atoms with Gasteiger partial charge in [-0.2, -0.15) is 4.72 Å². The molecule has 0 aliphatic carbocycles. The normalized spacial score (nSPS) is 12.1. The van der Waals surface area contributed by atoms with Crippen molar-refractivity contribution in [2.75, 3.05) is 0 Å². The number of hydrogen-bond acceptors (Lipinski definition) is 2. The van der Waals surface area contributed by atoms with E-state index >= 15 is 0 Å². The summed E-state index contributed by atoms with van der Waals surface area (Å²) in [4.78, 5) is 0.224. The fourth-order valence-corrected chi connectivity index (χ4v) is 2.48. The molecule has 0 heterocycles. The summed E-state index contributed by atoms with van der Waals surface area (Å²) in [5.41, 5.74) is 0.124. The van der Waals surface area contributed by atoms with E-state index in [1.807, 2.05) is 6.92 Å². The third-order valence-corrected chi connectivity index (χ3v) is 3.75. The summed E-state index contributed by atoms with van der Waals surface area (Å²) in [5.74, 6) is 2.39. The number of nitrogens with one attached hydrogen (secondary N) is 1. The second-order valence-electron chi connectivity index (χ2n) is 4.19. The van der Waals surface area contributed by atoms with Crippen molar-refractivity contribution >= 4 is 10.0 Å². The Labute approximate surface area is 96.9 Å². The molecule has 0 aromatic heterocycles. The number of hydrogen-bond donors (Lipinski definition) is 1. The number of sulfonamides is 1. The van der Waals surface area contributed by atoms with Crippen molar-refractivity contribution < 1.29 is 8.42 Å². The van der Waals surface area contributed by atoms with Crippen LogP contribution in [0.15, 0.2) is 29.2 Å². The minimum atomic E-state index is -3.54. The topological polar surface area (TPSA) is 46.2 Å². The summed E-state index contributed by atoms with van der Waals surface area (Å²) < 4.78 is 26.3. The number of terminal acetylenes is 1. The van der Waals surface area contributed by atoms with E-state index in [0.29, 0.717) is 0 Å². The highest BCUT2D eigenvalue weighted by atomic mass is 32.2. The Bertz CT molecular complexity index is 507. The average molecular weight is 237 g/mol. The average Bonchev–Trinajstić information content (AvgIpc) is 2.17. The fraction of sp³-hybridized carbons (Fsp3) is 0.333. The van der Waals surface area contributed by atoms with Gasteiger partial charge >= 0.3 is 0 Å². The molecule has 0 unspecified atom stereocenters. The Hall–Kier alpha value is -1.31. The van der Waals surface area contributed by atoms with Gasteiger partial charge in [-0.25, -0.2) is 8.42 Å². The van der Waals surface area contributed by atoms with E-state index in [9.17, 15) is 8.42 Å². The van der Waals surface area contributed by atoms with Crippen LogP contribution in [0.25, 0.3) is 0 Å². The molecule has 0 atom stereocenters. The molecule has 0 fully saturated rings. The zero-order valence-electron chi connectivity index (χ0n) is 9.61. The van der Waals surface area contributed by atoms with Gasteiger partial charge < -0.3 is 0 Å². The van der Waals surface area contributed by atoms with Crippen molar-refractivity contribution in [3.8, 4) is 12.3 Å². The monoisotopic (exact) mass is 237 g/mol. The van der Waals surface area contributed by atoms with Gasteiger partial charge in [0.05, 0.1) is 10.4 Å². The quantitative estimate of drug-likeness (QED) is 0.813. The third-order valence-electron chi connectivity index (χ3n) is 2.08. The number of aryl methyl sites for hydroxylation is 1. The summed E-state index contributed by atoms with van der Waals surface area (Å²) in [7, 11) is -3.54. The van der Waals surface area contributed by atoms with Crippen molar-refractivity contribution in [1.82, 2.24) is 4.72 Å². The lowest BCUT2D eigenvalue weighted by Gasteiger charge is -2.19. The van der Waals surface area contributed by atoms with Crippen LogP contribution in [0.3, 0.4) is 0 Å². The van der Waals surface area contributed by atoms with E-state index in [0.717, 1.165) is 5.56 Å². The second kappa shape index (κ2) is 4.28. The van der Waals surface area contributed by atoms with Crippen LogP contribution in [0.1, 0.15) is 19.4 Å². The molecular weight excluding hydrogens is 222 g/mol. The number of benzene rings is 1. The van der Waals surface area contributed by atoms with Gasteiger partial charge in [-0.15, -0.1) is 6.42 Å². The Morgan fingerprint density at radius 2 is 1.75 bits per heavy atom. The lowest BCUT2D eigenvalue weighted by atomic mass is 10.1. The summed E-state index contributed by atoms with van der Waals surface area (Å²) in [6.07, 6.45) is 5.24. The molecule has 4 heteroatoms. The Morgan fingerprint density at radius 3 is 2.19 bits per heavy atom. The maximum atomic E-state index is 11.9. The molecule has 0 aliphatic rings. The molecule has 3 nitrogen and oxygen atoms in total. The fourth-order valence-electron chi connectivity index (χ4n) is 1.14. The molecule has 1 aromatic rings. The molecule has 0 amide bonds. The SMILES string of the molecule is C#CC(C)(C)NS(=O)(=O)c1ccc(C)cc1. The van der Waals surface area contributed by atoms with Gasteiger partial charge in [-0.3, -0.25) is 0 Å². The first-order chi connectivity index (χ1) is 7.27. The van der Waals surface area contributed by atoms with E-state index in [-0.39, 0.29) is 4.90 Å². The summed E-state index contributed by atoms with van der Waals surface area (Å²) in [5, 5.41) is 0. The van der Waals surface area contributed by atoms with Gasteiger partial charge in [-0.05, 0) is 32.9 Å². The molecule has 0 saturated heterocycles. The molecule has 1 N–H and O–H groups in total. The van der Waals surface area contributed by atoms with Crippen LogP contribution in [-0.4, -0.2) is 14.0 Å². The van der Waals surface area contributed by atoms with E-state index in [2.05, 4.69) is 10.6 Å². The standard InChI is InChI=1S/C12H15NO2S/c1-5-12(3,4)13-16(14,15)11-8-6-10(2)7-9-11/h1,6-9,13H,2-4H3. The van der Waals surface area contributed by atoms with Crippen LogP contribution in [0, 0.1) is 19.3 Å². The van der Waals surface area contributed by atoms with Crippen molar-refractivity contribution in [2.45, 2.75) is 31.2 Å². The highest BCUT2D eigenvalue weighted by Crippen LogP contribution is 2.13. The minimum absolute atomic E-state index is 0.224. The molecule has 0 bridgehead atoms. The molecule has 1 aromatic carbocycles. The van der Waals surface area contributed by atoms with Crippen molar-refractivity contribution in [1.29, 1.82) is 0 Å². The van der Waals surface area contributed by atoms with Crippen LogP contribution >= 0.6 is 0 Å². The predicted molar refractivity (Wildman–Crippen MR) is 64.4 cm³/mol. The van der Waals surface area contributed by atoms with Gasteiger partial charge in [0.25, 0.3) is 0 Å². The summed E-state index contributed by atoms with van der Waals surface area (Å²) >= 11 is 0. The summed E-state index contributed by atoms with van der Waals surface area (Å²) in [6.45, 7) is 5.17. The van der Waals surface area contributed by atoms with Crippen molar-refractivity contribution in [2.24, 2.45) is 0 Å². The van der Waals surface area contributed by atoms with Crippen LogP contribution in [0.4, 0.5) is 0 Å². The minimum Gasteiger partial charge on any atom is -0.207 e. The van der Waals surface area contributed by atoms with Crippen molar-refractivity contribution in [3.05, 3.63) is 29.8 Å². The zero-order valence-corrected chi connectivity index (χ0v) is 10.4. The first-order valence-corrected chi connectivity index (χ1v) is 6.33. The van der Waals surface area contributed by atoms with Gasteiger partial charge in [0.1, 0.15) is 0 Å². The predicted octanol–water partition coefficient (Wildman–Crippen LogP) is 1.69. The first kappa shape index (κ1) is 12.8. The molecular formula is C12H15NO2S. The Kier molecular flexibility index (Phi) is 3.41. The summed E-state index contributed by atoms with van der Waals surface area (Å²) in [6, 6.07) is 6.61. The largest absolute Gasteiger partial charge is 0.241 e. The maximum absolute atomic E-state index is 11.9. The molecule has 0 spiro atoms. The van der Waals surface area contributed by atoms with E-state index in [1.54, 1.807) is 38.1 Å². The van der Waals surface area contributed by atoms with Gasteiger partial charge in [0, 0.05) is 0 Å². The second-order valence-corrected chi connectivity index (χ2v) is 5.87. The molecule has 1 rings (SSSR count). The van der Waals surface area contributed by atoms with Crippen molar-refractivity contribution in [3.63, 3.8) is 0 Å². The smallest absolute Gasteiger partial charge is 0.207 e. The van der Waals surface area contributed by atoms with Gasteiger partial charge in [-0.1, -0.05) is 23.6 Å². The maximum Gasteiger partial charge on any atom is 0.241 e. The lowest BCUT2D eigenvalue weighted by Crippen LogP contribution is -2.41. The highest BCUT2D eigenvalue weighted by molar-refractivity contribution is 7.89. The number of rotatable bonds is 3. The van der Waals surface area contributed by atoms with Crippen LogP contribution in [0.5, 0.6) is 0 Å². The van der Waals surface area contributed by atoms with E-state index in [4.69, 9.17) is 6.42 Å². The van der Waals surface area contributed by atoms with Crippen LogP contribution in [0.2, 0.25) is 0 Å². The first-order valence-electron chi connectivity index (χ1n) is 4.85. The van der Waals surface area contributed by atoms with Crippen LogP contribution in [-0.2, 0) is 10.0 Å². The highest BCUT2D eigenvalue weighted by Gasteiger charge is 2.23. The van der Waals surface area contributed by atoms with Gasteiger partial charge in [0.15, 0.2) is 0 Å². The Balaban J connectivity index is 3.05. The molecule has 86 valence electrons. The van der Waals surface area contributed by atoms with E-state index in [1.165, 1.54) is 0 Å². The molecule has 0 saturated carbocycles. The third kappa shape index (κ3) is 3.09. The molecule has 16 heavy (non-hydrogen) atoms. The van der Waals surface area contributed by atoms with Gasteiger partial charge in [0.2, 0.25) is 10.0 Å². The Morgan fingerprint density at radius 1 is 1.25 bits per heavy atom. The van der Waals surface area contributed by atoms with Crippen LogP contribution < -0.4 is 4.72 Å². The zero-order chi connectivity index (χ0) is 12.4.